The normalized spacial score (nSPS) is 10.1. The molecule has 0 aromatic heterocycles. The van der Waals surface area contributed by atoms with Crippen molar-refractivity contribution in [2.75, 3.05) is 5.73 Å². The van der Waals surface area contributed by atoms with Gasteiger partial charge in [0.15, 0.2) is 5.78 Å². The summed E-state index contributed by atoms with van der Waals surface area (Å²) in [6.07, 6.45) is 0. The minimum absolute atomic E-state index is 0.0280. The number of Topliss-reactive ketones (excluding diaryl/α,β-unsaturated/α-hetero) is 1. The molecule has 0 spiro atoms. The highest BCUT2D eigenvalue weighted by molar-refractivity contribution is 6.30. The standard InChI is InChI=1S/C14H12ClNO2/c1-9(17)10-2-7-14(13(16)8-10)18-12-5-3-11(15)4-6-12/h2-8H,16H2,1H3. The molecular formula is C14H12ClNO2. The zero-order valence-electron chi connectivity index (χ0n) is 9.81. The zero-order valence-corrected chi connectivity index (χ0v) is 10.6. The highest BCUT2D eigenvalue weighted by atomic mass is 35.5. The first kappa shape index (κ1) is 12.5. The fourth-order valence-corrected chi connectivity index (χ4v) is 1.62. The smallest absolute Gasteiger partial charge is 0.159 e. The lowest BCUT2D eigenvalue weighted by Crippen LogP contribution is -1.97. The van der Waals surface area contributed by atoms with Gasteiger partial charge in [-0.1, -0.05) is 11.6 Å². The van der Waals surface area contributed by atoms with Gasteiger partial charge in [0, 0.05) is 10.6 Å². The van der Waals surface area contributed by atoms with Crippen molar-refractivity contribution in [3.63, 3.8) is 0 Å². The van der Waals surface area contributed by atoms with Crippen LogP contribution in [0.5, 0.6) is 11.5 Å². The van der Waals surface area contributed by atoms with Crippen LogP contribution in [0.25, 0.3) is 0 Å². The van der Waals surface area contributed by atoms with Crippen LogP contribution in [0.15, 0.2) is 42.5 Å². The van der Waals surface area contributed by atoms with Gasteiger partial charge in [-0.3, -0.25) is 4.79 Å². The summed E-state index contributed by atoms with van der Waals surface area (Å²) in [7, 11) is 0. The Balaban J connectivity index is 2.24. The van der Waals surface area contributed by atoms with Gasteiger partial charge in [0.1, 0.15) is 11.5 Å². The SMILES string of the molecule is CC(=O)c1ccc(Oc2ccc(Cl)cc2)c(N)c1. The number of hydrogen-bond acceptors (Lipinski definition) is 3. The number of hydrogen-bond donors (Lipinski definition) is 1. The van der Waals surface area contributed by atoms with E-state index in [9.17, 15) is 4.79 Å². The van der Waals surface area contributed by atoms with Crippen molar-refractivity contribution in [2.45, 2.75) is 6.92 Å². The Morgan fingerprint density at radius 3 is 2.39 bits per heavy atom. The number of nitrogen functional groups attached to an aromatic ring is 1. The van der Waals surface area contributed by atoms with Crippen molar-refractivity contribution in [2.24, 2.45) is 0 Å². The molecule has 0 aliphatic rings. The monoisotopic (exact) mass is 261 g/mol. The maximum absolute atomic E-state index is 11.2. The van der Waals surface area contributed by atoms with Crippen LogP contribution < -0.4 is 10.5 Å². The number of ether oxygens (including phenoxy) is 1. The van der Waals surface area contributed by atoms with Crippen LogP contribution in [-0.2, 0) is 0 Å². The molecule has 2 rings (SSSR count). The Morgan fingerprint density at radius 1 is 1.17 bits per heavy atom. The van der Waals surface area contributed by atoms with Gasteiger partial charge in [0.05, 0.1) is 5.69 Å². The third-order valence-electron chi connectivity index (χ3n) is 2.46. The number of halogens is 1. The van der Waals surface area contributed by atoms with Gasteiger partial charge >= 0.3 is 0 Å². The Kier molecular flexibility index (Phi) is 3.53. The van der Waals surface area contributed by atoms with Gasteiger partial charge in [0.25, 0.3) is 0 Å². The van der Waals surface area contributed by atoms with E-state index in [4.69, 9.17) is 22.1 Å². The van der Waals surface area contributed by atoms with E-state index in [-0.39, 0.29) is 5.78 Å². The molecule has 18 heavy (non-hydrogen) atoms. The van der Waals surface area contributed by atoms with Crippen LogP contribution in [0.2, 0.25) is 5.02 Å². The van der Waals surface area contributed by atoms with E-state index in [1.54, 1.807) is 42.5 Å². The van der Waals surface area contributed by atoms with Crippen molar-refractivity contribution in [3.8, 4) is 11.5 Å². The molecule has 0 aliphatic carbocycles. The molecule has 0 amide bonds. The summed E-state index contributed by atoms with van der Waals surface area (Å²) in [5.74, 6) is 1.13. The Bertz CT molecular complexity index is 579. The number of nitrogens with two attached hydrogens (primary N) is 1. The summed E-state index contributed by atoms with van der Waals surface area (Å²) < 4.78 is 5.60. The van der Waals surface area contributed by atoms with Gasteiger partial charge in [-0.15, -0.1) is 0 Å². The van der Waals surface area contributed by atoms with Crippen LogP contribution in [-0.4, -0.2) is 5.78 Å². The van der Waals surface area contributed by atoms with E-state index in [2.05, 4.69) is 0 Å². The third-order valence-corrected chi connectivity index (χ3v) is 2.71. The van der Waals surface area contributed by atoms with Gasteiger partial charge in [0.2, 0.25) is 0 Å². The fraction of sp³-hybridized carbons (Fsp3) is 0.0714. The predicted octanol–water partition coefficient (Wildman–Crippen LogP) is 3.92. The van der Waals surface area contributed by atoms with Crippen molar-refractivity contribution in [1.29, 1.82) is 0 Å². The molecule has 2 N–H and O–H groups in total. The van der Waals surface area contributed by atoms with Gasteiger partial charge in [-0.25, -0.2) is 0 Å². The lowest BCUT2D eigenvalue weighted by atomic mass is 10.1. The molecule has 0 saturated carbocycles. The van der Waals surface area contributed by atoms with E-state index in [1.807, 2.05) is 0 Å². The van der Waals surface area contributed by atoms with E-state index < -0.39 is 0 Å². The lowest BCUT2D eigenvalue weighted by Gasteiger charge is -2.09. The minimum Gasteiger partial charge on any atom is -0.455 e. The number of benzene rings is 2. The van der Waals surface area contributed by atoms with Crippen LogP contribution in [0.3, 0.4) is 0 Å². The second-order valence-electron chi connectivity index (χ2n) is 3.86. The largest absolute Gasteiger partial charge is 0.455 e. The van der Waals surface area contributed by atoms with Crippen molar-refractivity contribution in [3.05, 3.63) is 53.1 Å². The molecule has 4 heteroatoms. The van der Waals surface area contributed by atoms with E-state index >= 15 is 0 Å². The molecule has 0 bridgehead atoms. The summed E-state index contributed by atoms with van der Waals surface area (Å²) in [5.41, 5.74) is 6.83. The van der Waals surface area contributed by atoms with E-state index in [0.717, 1.165) is 0 Å². The molecule has 0 saturated heterocycles. The highest BCUT2D eigenvalue weighted by Gasteiger charge is 2.06. The average Bonchev–Trinajstić information content (AvgIpc) is 2.34. The van der Waals surface area contributed by atoms with Crippen LogP contribution in [0.1, 0.15) is 17.3 Å². The quantitative estimate of drug-likeness (QED) is 0.673. The van der Waals surface area contributed by atoms with Crippen LogP contribution in [0.4, 0.5) is 5.69 Å². The lowest BCUT2D eigenvalue weighted by molar-refractivity contribution is 0.101. The summed E-state index contributed by atoms with van der Waals surface area (Å²) in [5, 5.41) is 0.641. The van der Waals surface area contributed by atoms with Crippen LogP contribution in [0, 0.1) is 0 Å². The zero-order chi connectivity index (χ0) is 13.1. The topological polar surface area (TPSA) is 52.3 Å². The summed E-state index contributed by atoms with van der Waals surface area (Å²) in [6, 6.07) is 11.9. The average molecular weight is 262 g/mol. The molecule has 0 aliphatic heterocycles. The highest BCUT2D eigenvalue weighted by Crippen LogP contribution is 2.29. The third kappa shape index (κ3) is 2.81. The molecule has 0 radical (unpaired) electrons. The number of carbonyl (C=O) groups excluding carboxylic acids is 1. The second kappa shape index (κ2) is 5.10. The maximum atomic E-state index is 11.2. The fourth-order valence-electron chi connectivity index (χ4n) is 1.49. The van der Waals surface area contributed by atoms with Crippen molar-refractivity contribution >= 4 is 23.1 Å². The summed E-state index contributed by atoms with van der Waals surface area (Å²) in [4.78, 5) is 11.2. The Labute approximate surface area is 110 Å². The minimum atomic E-state index is -0.0280. The first-order valence-corrected chi connectivity index (χ1v) is 5.78. The van der Waals surface area contributed by atoms with Crippen LogP contribution >= 0.6 is 11.6 Å². The first-order valence-electron chi connectivity index (χ1n) is 5.40. The molecule has 2 aromatic carbocycles. The van der Waals surface area contributed by atoms with Gasteiger partial charge in [-0.05, 0) is 49.4 Å². The molecule has 0 atom stereocenters. The van der Waals surface area contributed by atoms with Crippen molar-refractivity contribution in [1.82, 2.24) is 0 Å². The Morgan fingerprint density at radius 2 is 1.83 bits per heavy atom. The second-order valence-corrected chi connectivity index (χ2v) is 4.30. The van der Waals surface area contributed by atoms with Gasteiger partial charge in [-0.2, -0.15) is 0 Å². The first-order chi connectivity index (χ1) is 8.56. The van der Waals surface area contributed by atoms with Gasteiger partial charge < -0.3 is 10.5 Å². The number of ketones is 1. The number of carbonyl (C=O) groups is 1. The molecule has 0 heterocycles. The summed E-state index contributed by atoms with van der Waals surface area (Å²) >= 11 is 5.78. The molecule has 2 aromatic rings. The maximum Gasteiger partial charge on any atom is 0.159 e. The summed E-state index contributed by atoms with van der Waals surface area (Å²) in [6.45, 7) is 1.49. The van der Waals surface area contributed by atoms with E-state index in [0.29, 0.717) is 27.8 Å². The predicted molar refractivity (Wildman–Crippen MR) is 72.4 cm³/mol. The molecule has 92 valence electrons. The molecule has 3 nitrogen and oxygen atoms in total. The molecule has 0 fully saturated rings. The van der Waals surface area contributed by atoms with E-state index in [1.165, 1.54) is 6.92 Å². The Hall–Kier alpha value is -2.00. The van der Waals surface area contributed by atoms with Crippen molar-refractivity contribution < 1.29 is 9.53 Å². The number of rotatable bonds is 3. The molecular weight excluding hydrogens is 250 g/mol. The number of anilines is 1. The molecule has 0 unspecified atom stereocenters.